The Kier molecular flexibility index (Phi) is 4.23. The van der Waals surface area contributed by atoms with Crippen LogP contribution in [0.1, 0.15) is 33.3 Å². The molecule has 1 saturated heterocycles. The van der Waals surface area contributed by atoms with Gasteiger partial charge in [-0.15, -0.1) is 0 Å². The Hall–Kier alpha value is -1.75. The zero-order chi connectivity index (χ0) is 16.6. The molecule has 0 bridgehead atoms. The molecule has 0 saturated carbocycles. The van der Waals surface area contributed by atoms with Crippen molar-refractivity contribution in [2.24, 2.45) is 0 Å². The highest BCUT2D eigenvalue weighted by atomic mass is 16.6. The number of carbonyl (C=O) groups excluding carboxylic acids is 1. The van der Waals surface area contributed by atoms with E-state index in [1.807, 2.05) is 36.9 Å². The van der Waals surface area contributed by atoms with E-state index in [4.69, 9.17) is 9.47 Å². The molecule has 5 heteroatoms. The number of piperazine rings is 1. The highest BCUT2D eigenvalue weighted by Gasteiger charge is 2.37. The van der Waals surface area contributed by atoms with Crippen LogP contribution in [0.2, 0.25) is 0 Å². The van der Waals surface area contributed by atoms with E-state index in [1.165, 1.54) is 0 Å². The first kappa shape index (κ1) is 16.1. The van der Waals surface area contributed by atoms with Crippen molar-refractivity contribution in [2.45, 2.75) is 45.2 Å². The van der Waals surface area contributed by atoms with Gasteiger partial charge in [-0.3, -0.25) is 4.79 Å². The average molecular weight is 318 g/mol. The van der Waals surface area contributed by atoms with E-state index in [1.54, 1.807) is 0 Å². The molecular weight excluding hydrogens is 292 g/mol. The zero-order valence-corrected chi connectivity index (χ0v) is 14.4. The molecule has 1 aromatic rings. The van der Waals surface area contributed by atoms with Gasteiger partial charge in [-0.25, -0.2) is 0 Å². The minimum atomic E-state index is -0.591. The van der Waals surface area contributed by atoms with E-state index >= 15 is 0 Å². The van der Waals surface area contributed by atoms with Gasteiger partial charge in [0.15, 0.2) is 11.5 Å². The summed E-state index contributed by atoms with van der Waals surface area (Å²) in [6.45, 7) is 10.8. The Labute approximate surface area is 137 Å². The number of hydrogen-bond acceptors (Lipinski definition) is 4. The second kappa shape index (κ2) is 6.04. The number of amides is 1. The molecule has 0 radical (unpaired) electrons. The number of hydrogen-bond donors (Lipinski definition) is 1. The Morgan fingerprint density at radius 3 is 2.39 bits per heavy atom. The second-order valence-electron chi connectivity index (χ2n) is 7.16. The van der Waals surface area contributed by atoms with Crippen molar-refractivity contribution < 1.29 is 14.3 Å². The average Bonchev–Trinajstić information content (AvgIpc) is 2.52. The highest BCUT2D eigenvalue weighted by molar-refractivity contribution is 5.87. The van der Waals surface area contributed by atoms with Crippen LogP contribution >= 0.6 is 0 Å². The maximum Gasteiger partial charge on any atom is 0.232 e. The van der Waals surface area contributed by atoms with Crippen molar-refractivity contribution in [1.82, 2.24) is 10.2 Å². The van der Waals surface area contributed by atoms with Crippen molar-refractivity contribution in [3.63, 3.8) is 0 Å². The van der Waals surface area contributed by atoms with Gasteiger partial charge in [-0.1, -0.05) is 6.07 Å². The van der Waals surface area contributed by atoms with Crippen molar-refractivity contribution in [1.29, 1.82) is 0 Å². The summed E-state index contributed by atoms with van der Waals surface area (Å²) in [5.74, 6) is 1.65. The molecular formula is C18H26N2O3. The molecule has 0 aliphatic carbocycles. The van der Waals surface area contributed by atoms with Crippen LogP contribution in [0.25, 0.3) is 0 Å². The van der Waals surface area contributed by atoms with E-state index < -0.39 is 5.41 Å². The van der Waals surface area contributed by atoms with E-state index in [0.717, 1.165) is 30.2 Å². The number of nitrogens with zero attached hydrogens (tertiary/aromatic N) is 1. The molecule has 1 N–H and O–H groups in total. The molecule has 3 rings (SSSR count). The van der Waals surface area contributed by atoms with Gasteiger partial charge in [0.05, 0.1) is 5.41 Å². The monoisotopic (exact) mass is 318 g/mol. The molecule has 2 aliphatic heterocycles. The molecule has 2 aliphatic rings. The van der Waals surface area contributed by atoms with Crippen LogP contribution in [0.3, 0.4) is 0 Å². The van der Waals surface area contributed by atoms with Gasteiger partial charge in [-0.2, -0.15) is 0 Å². The van der Waals surface area contributed by atoms with Gasteiger partial charge >= 0.3 is 0 Å². The van der Waals surface area contributed by atoms with Gasteiger partial charge in [0.2, 0.25) is 5.91 Å². The summed E-state index contributed by atoms with van der Waals surface area (Å²) in [5.41, 5.74) is 0.373. The van der Waals surface area contributed by atoms with Crippen LogP contribution < -0.4 is 14.8 Å². The van der Waals surface area contributed by atoms with Gasteiger partial charge < -0.3 is 19.7 Å². The fourth-order valence-electron chi connectivity index (χ4n) is 3.44. The molecule has 1 amide bonds. The van der Waals surface area contributed by atoms with Gasteiger partial charge in [0, 0.05) is 25.2 Å². The fourth-order valence-corrected chi connectivity index (χ4v) is 3.44. The lowest BCUT2D eigenvalue weighted by Crippen LogP contribution is -2.58. The van der Waals surface area contributed by atoms with Crippen LogP contribution in [-0.2, 0) is 10.2 Å². The number of fused-ring (bicyclic) bond motifs is 1. The van der Waals surface area contributed by atoms with Gasteiger partial charge in [0.25, 0.3) is 0 Å². The third-order valence-corrected chi connectivity index (χ3v) is 4.64. The van der Waals surface area contributed by atoms with Crippen molar-refractivity contribution in [3.8, 4) is 11.5 Å². The van der Waals surface area contributed by atoms with E-state index in [-0.39, 0.29) is 5.91 Å². The molecule has 1 aromatic carbocycles. The minimum absolute atomic E-state index is 0.161. The second-order valence-corrected chi connectivity index (χ2v) is 7.16. The van der Waals surface area contributed by atoms with Gasteiger partial charge in [-0.05, 0) is 45.4 Å². The molecule has 126 valence electrons. The first-order valence-corrected chi connectivity index (χ1v) is 8.33. The van der Waals surface area contributed by atoms with Crippen LogP contribution in [0.15, 0.2) is 18.2 Å². The molecule has 23 heavy (non-hydrogen) atoms. The predicted octanol–water partition coefficient (Wildman–Crippen LogP) is 1.94. The molecule has 0 spiro atoms. The highest BCUT2D eigenvalue weighted by Crippen LogP contribution is 2.36. The molecule has 1 fully saturated rings. The summed E-state index contributed by atoms with van der Waals surface area (Å²) < 4.78 is 11.2. The van der Waals surface area contributed by atoms with Crippen molar-refractivity contribution in [3.05, 3.63) is 23.8 Å². The molecule has 2 atom stereocenters. The van der Waals surface area contributed by atoms with E-state index in [9.17, 15) is 4.79 Å². The summed E-state index contributed by atoms with van der Waals surface area (Å²) in [5, 5.41) is 3.47. The lowest BCUT2D eigenvalue weighted by Gasteiger charge is -2.40. The fraction of sp³-hybridized carbons (Fsp3) is 0.611. The maximum atomic E-state index is 13.1. The Bertz CT molecular complexity index is 590. The molecule has 0 aromatic heterocycles. The predicted molar refractivity (Wildman–Crippen MR) is 89.1 cm³/mol. The Morgan fingerprint density at radius 2 is 1.74 bits per heavy atom. The van der Waals surface area contributed by atoms with E-state index in [2.05, 4.69) is 19.2 Å². The van der Waals surface area contributed by atoms with Crippen LogP contribution in [0.5, 0.6) is 11.5 Å². The smallest absolute Gasteiger partial charge is 0.232 e. The molecule has 2 heterocycles. The number of nitrogens with one attached hydrogen (secondary N) is 1. The van der Waals surface area contributed by atoms with Gasteiger partial charge in [0.1, 0.15) is 13.2 Å². The summed E-state index contributed by atoms with van der Waals surface area (Å²) in [7, 11) is 0. The molecule has 0 unspecified atom stereocenters. The number of rotatable bonds is 2. The lowest BCUT2D eigenvalue weighted by molar-refractivity contribution is -0.138. The Balaban J connectivity index is 1.84. The standard InChI is InChI=1S/C18H26N2O3/c1-12-10-20(11-13(2)19-12)17(21)18(3,4)14-5-6-15-16(9-14)23-8-7-22-15/h5-6,9,12-13,19H,7-8,10-11H2,1-4H3/t12-,13+. The van der Waals surface area contributed by atoms with Crippen LogP contribution in [-0.4, -0.2) is 49.2 Å². The van der Waals surface area contributed by atoms with E-state index in [0.29, 0.717) is 25.3 Å². The first-order chi connectivity index (χ1) is 10.9. The molecule has 5 nitrogen and oxygen atoms in total. The topological polar surface area (TPSA) is 50.8 Å². The third-order valence-electron chi connectivity index (χ3n) is 4.64. The quantitative estimate of drug-likeness (QED) is 0.905. The number of carbonyl (C=O) groups is 1. The first-order valence-electron chi connectivity index (χ1n) is 8.33. The van der Waals surface area contributed by atoms with Crippen molar-refractivity contribution >= 4 is 5.91 Å². The van der Waals surface area contributed by atoms with Crippen LogP contribution in [0, 0.1) is 0 Å². The normalized spacial score (nSPS) is 24.4. The Morgan fingerprint density at radius 1 is 1.13 bits per heavy atom. The lowest BCUT2D eigenvalue weighted by atomic mass is 9.82. The SMILES string of the molecule is C[C@@H]1CN(C(=O)C(C)(C)c2ccc3c(c2)OCCO3)C[C@H](C)N1. The number of ether oxygens (including phenoxy) is 2. The van der Waals surface area contributed by atoms with Crippen LogP contribution in [0.4, 0.5) is 0 Å². The summed E-state index contributed by atoms with van der Waals surface area (Å²) in [6.07, 6.45) is 0. The maximum absolute atomic E-state index is 13.1. The largest absolute Gasteiger partial charge is 0.486 e. The summed E-state index contributed by atoms with van der Waals surface area (Å²) >= 11 is 0. The van der Waals surface area contributed by atoms with Crippen molar-refractivity contribution in [2.75, 3.05) is 26.3 Å². The zero-order valence-electron chi connectivity index (χ0n) is 14.4. The third kappa shape index (κ3) is 3.15. The minimum Gasteiger partial charge on any atom is -0.486 e. The summed E-state index contributed by atoms with van der Waals surface area (Å²) in [6, 6.07) is 6.46. The summed E-state index contributed by atoms with van der Waals surface area (Å²) in [4.78, 5) is 15.1. The number of benzene rings is 1.